The lowest BCUT2D eigenvalue weighted by Gasteiger charge is -2.13. The van der Waals surface area contributed by atoms with Crippen LogP contribution in [0.4, 0.5) is 5.82 Å². The molecule has 0 aliphatic heterocycles. The van der Waals surface area contributed by atoms with E-state index in [9.17, 15) is 0 Å². The van der Waals surface area contributed by atoms with E-state index in [1.807, 2.05) is 29.8 Å². The van der Waals surface area contributed by atoms with Crippen LogP contribution in [0.3, 0.4) is 0 Å². The van der Waals surface area contributed by atoms with E-state index >= 15 is 0 Å². The highest BCUT2D eigenvalue weighted by molar-refractivity contribution is 5.67. The highest BCUT2D eigenvalue weighted by Crippen LogP contribution is 2.24. The molecule has 0 aromatic carbocycles. The Morgan fingerprint density at radius 2 is 2.00 bits per heavy atom. The largest absolute Gasteiger partial charge is 0.302 e. The first kappa shape index (κ1) is 11.9. The van der Waals surface area contributed by atoms with E-state index in [4.69, 9.17) is 0 Å². The zero-order valence-electron chi connectivity index (χ0n) is 11.0. The predicted molar refractivity (Wildman–Crippen MR) is 69.0 cm³/mol. The van der Waals surface area contributed by atoms with E-state index in [2.05, 4.69) is 42.3 Å². The number of fused-ring (bicyclic) bond motifs is 1. The standard InChI is InChI=1S/C12H19N5/c1-12(2,3)10-8-9-11(15-16(4)5)13-6-7-17(9)14-10/h6-8H,1-5H3,(H,13,15). The van der Waals surface area contributed by atoms with Crippen molar-refractivity contribution >= 4 is 11.3 Å². The Kier molecular flexibility index (Phi) is 2.79. The lowest BCUT2D eigenvalue weighted by molar-refractivity contribution is 0.492. The quantitative estimate of drug-likeness (QED) is 0.805. The van der Waals surface area contributed by atoms with Gasteiger partial charge in [0.05, 0.1) is 5.69 Å². The third kappa shape index (κ3) is 2.39. The second-order valence-electron chi connectivity index (χ2n) is 5.39. The Morgan fingerprint density at radius 1 is 1.29 bits per heavy atom. The summed E-state index contributed by atoms with van der Waals surface area (Å²) in [6, 6.07) is 2.08. The normalized spacial score (nSPS) is 12.4. The summed E-state index contributed by atoms with van der Waals surface area (Å²) in [5.41, 5.74) is 5.27. The third-order valence-electron chi connectivity index (χ3n) is 2.49. The molecule has 0 spiro atoms. The molecule has 0 saturated carbocycles. The van der Waals surface area contributed by atoms with Crippen LogP contribution in [0.5, 0.6) is 0 Å². The first-order valence-corrected chi connectivity index (χ1v) is 5.67. The summed E-state index contributed by atoms with van der Waals surface area (Å²) < 4.78 is 1.86. The van der Waals surface area contributed by atoms with Gasteiger partial charge in [-0.3, -0.25) is 0 Å². The summed E-state index contributed by atoms with van der Waals surface area (Å²) in [4.78, 5) is 4.33. The van der Waals surface area contributed by atoms with Crippen LogP contribution < -0.4 is 5.43 Å². The van der Waals surface area contributed by atoms with E-state index in [-0.39, 0.29) is 5.41 Å². The molecule has 0 saturated heterocycles. The van der Waals surface area contributed by atoms with E-state index in [0.717, 1.165) is 17.0 Å². The summed E-state index contributed by atoms with van der Waals surface area (Å²) in [6.07, 6.45) is 3.61. The molecule has 92 valence electrons. The predicted octanol–water partition coefficient (Wildman–Crippen LogP) is 1.92. The summed E-state index contributed by atoms with van der Waals surface area (Å²) in [5.74, 6) is 0.820. The number of hydrazine groups is 1. The van der Waals surface area contributed by atoms with Gasteiger partial charge in [0.15, 0.2) is 5.82 Å². The Morgan fingerprint density at radius 3 is 2.59 bits per heavy atom. The molecular formula is C12H19N5. The van der Waals surface area contributed by atoms with Crippen LogP contribution in [-0.4, -0.2) is 33.7 Å². The van der Waals surface area contributed by atoms with Crippen molar-refractivity contribution in [2.45, 2.75) is 26.2 Å². The van der Waals surface area contributed by atoms with E-state index < -0.39 is 0 Å². The zero-order chi connectivity index (χ0) is 12.6. The van der Waals surface area contributed by atoms with E-state index in [0.29, 0.717) is 0 Å². The van der Waals surface area contributed by atoms with Gasteiger partial charge in [-0.2, -0.15) is 5.10 Å². The number of hydrogen-bond acceptors (Lipinski definition) is 4. The minimum absolute atomic E-state index is 0.0431. The second kappa shape index (κ2) is 4.00. The van der Waals surface area contributed by atoms with Gasteiger partial charge in [0, 0.05) is 31.9 Å². The van der Waals surface area contributed by atoms with Crippen molar-refractivity contribution in [1.82, 2.24) is 19.6 Å². The van der Waals surface area contributed by atoms with Gasteiger partial charge < -0.3 is 5.43 Å². The van der Waals surface area contributed by atoms with Gasteiger partial charge in [-0.25, -0.2) is 14.5 Å². The number of nitrogens with one attached hydrogen (secondary N) is 1. The monoisotopic (exact) mass is 233 g/mol. The zero-order valence-corrected chi connectivity index (χ0v) is 11.0. The molecular weight excluding hydrogens is 214 g/mol. The van der Waals surface area contributed by atoms with Crippen molar-refractivity contribution < 1.29 is 0 Å². The van der Waals surface area contributed by atoms with Gasteiger partial charge in [0.25, 0.3) is 0 Å². The lowest BCUT2D eigenvalue weighted by Crippen LogP contribution is -2.20. The smallest absolute Gasteiger partial charge is 0.166 e. The van der Waals surface area contributed by atoms with Crippen molar-refractivity contribution in [3.8, 4) is 0 Å². The first-order chi connectivity index (χ1) is 7.88. The summed E-state index contributed by atoms with van der Waals surface area (Å²) in [7, 11) is 3.87. The van der Waals surface area contributed by atoms with Crippen LogP contribution in [0.1, 0.15) is 26.5 Å². The molecule has 0 radical (unpaired) electrons. The van der Waals surface area contributed by atoms with Gasteiger partial charge >= 0.3 is 0 Å². The van der Waals surface area contributed by atoms with Crippen molar-refractivity contribution in [3.63, 3.8) is 0 Å². The van der Waals surface area contributed by atoms with E-state index in [1.54, 1.807) is 6.20 Å². The molecule has 17 heavy (non-hydrogen) atoms. The first-order valence-electron chi connectivity index (χ1n) is 5.67. The minimum atomic E-state index is 0.0431. The molecule has 2 aromatic heterocycles. The molecule has 2 rings (SSSR count). The molecule has 5 nitrogen and oxygen atoms in total. The highest BCUT2D eigenvalue weighted by Gasteiger charge is 2.19. The summed E-state index contributed by atoms with van der Waals surface area (Å²) >= 11 is 0. The maximum absolute atomic E-state index is 4.57. The third-order valence-corrected chi connectivity index (χ3v) is 2.49. The number of rotatable bonds is 2. The van der Waals surface area contributed by atoms with Crippen molar-refractivity contribution in [2.75, 3.05) is 19.5 Å². The van der Waals surface area contributed by atoms with Crippen LogP contribution in [-0.2, 0) is 5.41 Å². The topological polar surface area (TPSA) is 45.5 Å². The van der Waals surface area contributed by atoms with Crippen molar-refractivity contribution in [1.29, 1.82) is 0 Å². The average molecular weight is 233 g/mol. The van der Waals surface area contributed by atoms with Crippen LogP contribution in [0.2, 0.25) is 0 Å². The molecule has 0 bridgehead atoms. The van der Waals surface area contributed by atoms with Crippen molar-refractivity contribution in [2.24, 2.45) is 0 Å². The van der Waals surface area contributed by atoms with Gasteiger partial charge in [-0.05, 0) is 6.07 Å². The maximum Gasteiger partial charge on any atom is 0.166 e. The molecule has 2 heterocycles. The molecule has 0 aliphatic rings. The van der Waals surface area contributed by atoms with Crippen LogP contribution >= 0.6 is 0 Å². The fourth-order valence-electron chi connectivity index (χ4n) is 1.59. The molecule has 0 amide bonds. The fourth-order valence-corrected chi connectivity index (χ4v) is 1.59. The van der Waals surface area contributed by atoms with Crippen LogP contribution in [0.15, 0.2) is 18.5 Å². The highest BCUT2D eigenvalue weighted by atomic mass is 15.5. The number of nitrogens with zero attached hydrogens (tertiary/aromatic N) is 4. The number of aromatic nitrogens is 3. The minimum Gasteiger partial charge on any atom is -0.302 e. The van der Waals surface area contributed by atoms with Gasteiger partial charge in [0.1, 0.15) is 5.52 Å². The molecule has 0 fully saturated rings. The summed E-state index contributed by atoms with van der Waals surface area (Å²) in [6.45, 7) is 6.46. The Balaban J connectivity index is 2.53. The number of anilines is 1. The molecule has 0 unspecified atom stereocenters. The second-order valence-corrected chi connectivity index (χ2v) is 5.39. The van der Waals surface area contributed by atoms with Gasteiger partial charge in [0.2, 0.25) is 0 Å². The Labute approximate surface area is 101 Å². The molecule has 1 N–H and O–H groups in total. The Hall–Kier alpha value is -1.62. The van der Waals surface area contributed by atoms with Gasteiger partial charge in [-0.1, -0.05) is 20.8 Å². The fraction of sp³-hybridized carbons (Fsp3) is 0.500. The molecule has 0 atom stereocenters. The summed E-state index contributed by atoms with van der Waals surface area (Å²) in [5, 5.41) is 6.44. The number of hydrogen-bond donors (Lipinski definition) is 1. The molecule has 5 heteroatoms. The van der Waals surface area contributed by atoms with Crippen LogP contribution in [0, 0.1) is 0 Å². The maximum atomic E-state index is 4.57. The molecule has 2 aromatic rings. The van der Waals surface area contributed by atoms with Gasteiger partial charge in [-0.15, -0.1) is 0 Å². The SMILES string of the molecule is CN(C)Nc1nccn2nc(C(C)(C)C)cc12. The Bertz CT molecular complexity index is 521. The van der Waals surface area contributed by atoms with Crippen LogP contribution in [0.25, 0.3) is 5.52 Å². The van der Waals surface area contributed by atoms with Crippen molar-refractivity contribution in [3.05, 3.63) is 24.2 Å². The average Bonchev–Trinajstić information content (AvgIpc) is 2.60. The lowest BCUT2D eigenvalue weighted by atomic mass is 9.92. The van der Waals surface area contributed by atoms with E-state index in [1.165, 1.54) is 0 Å². The molecule has 0 aliphatic carbocycles.